The van der Waals surface area contributed by atoms with E-state index in [0.717, 1.165) is 38.6 Å². The highest BCUT2D eigenvalue weighted by atomic mass is 16.5. The molecule has 3 heterocycles. The lowest BCUT2D eigenvalue weighted by atomic mass is 9.44. The second kappa shape index (κ2) is 6.14. The Kier molecular flexibility index (Phi) is 3.44. The van der Waals surface area contributed by atoms with Gasteiger partial charge in [-0.1, -0.05) is 37.3 Å². The first kappa shape index (κ1) is 20.2. The van der Waals surface area contributed by atoms with Crippen LogP contribution >= 0.6 is 0 Å². The van der Waals surface area contributed by atoms with E-state index < -0.39 is 0 Å². The van der Waals surface area contributed by atoms with Gasteiger partial charge >= 0.3 is 0 Å². The van der Waals surface area contributed by atoms with Crippen LogP contribution < -0.4 is 4.74 Å². The first-order chi connectivity index (χ1) is 17.4. The van der Waals surface area contributed by atoms with Crippen molar-refractivity contribution in [1.82, 2.24) is 9.88 Å². The number of hydrogen-bond donors (Lipinski definition) is 0. The molecule has 0 amide bonds. The maximum absolute atomic E-state index is 7.11. The molecule has 3 heteroatoms. The van der Waals surface area contributed by atoms with Gasteiger partial charge in [-0.3, -0.25) is 0 Å². The summed E-state index contributed by atoms with van der Waals surface area (Å²) in [6, 6.07) is 14.4. The number of likely N-dealkylation sites (N-methyl/N-ethyl adjacent to an activating group) is 1. The fourth-order valence-corrected chi connectivity index (χ4v) is 9.64. The van der Waals surface area contributed by atoms with Gasteiger partial charge in [0.15, 0.2) is 6.10 Å². The van der Waals surface area contributed by atoms with Crippen molar-refractivity contribution in [3.05, 3.63) is 81.0 Å². The van der Waals surface area contributed by atoms with Crippen molar-refractivity contribution in [3.63, 3.8) is 0 Å². The van der Waals surface area contributed by atoms with Crippen LogP contribution in [0.4, 0.5) is 0 Å². The van der Waals surface area contributed by atoms with Crippen molar-refractivity contribution in [2.45, 2.75) is 70.4 Å². The Morgan fingerprint density at radius 1 is 1.03 bits per heavy atom. The molecule has 36 heavy (non-hydrogen) atoms. The molecule has 3 aliphatic carbocycles. The van der Waals surface area contributed by atoms with Crippen LogP contribution in [-0.2, 0) is 31.1 Å². The standard InChI is InChI=1S/C33H32N2O/c1-17-8-9-21-15-25-32(3)16-23-18(2)26-22-11-10-19-6-5-7-20(27(19)22)14-24(26)34-29(23)31-33(32,12-13-35(25)4)28(21)30(17)36-31/h5-9,14,25,31H,10-13,15-16H2,1-4H3/t25-,31+,32+,33+/m1/s1. The quantitative estimate of drug-likeness (QED) is 0.281. The van der Waals surface area contributed by atoms with E-state index >= 15 is 0 Å². The van der Waals surface area contributed by atoms with Crippen LogP contribution in [0.15, 0.2) is 36.4 Å². The predicted octanol–water partition coefficient (Wildman–Crippen LogP) is 6.30. The Labute approximate surface area is 212 Å². The summed E-state index contributed by atoms with van der Waals surface area (Å²) >= 11 is 0. The minimum absolute atomic E-state index is 0.0105. The molecule has 9 rings (SSSR count). The van der Waals surface area contributed by atoms with Crippen LogP contribution in [0.25, 0.3) is 21.7 Å². The summed E-state index contributed by atoms with van der Waals surface area (Å²) in [5.41, 5.74) is 12.8. The Bertz CT molecular complexity index is 1700. The molecule has 2 bridgehead atoms. The van der Waals surface area contributed by atoms with Gasteiger partial charge in [-0.05, 0) is 110 Å². The Morgan fingerprint density at radius 3 is 2.81 bits per heavy atom. The number of pyridine rings is 1. The second-order valence-electron chi connectivity index (χ2n) is 12.6. The van der Waals surface area contributed by atoms with Gasteiger partial charge in [-0.15, -0.1) is 0 Å². The molecule has 5 aliphatic rings. The van der Waals surface area contributed by atoms with E-state index in [0.29, 0.717) is 6.04 Å². The Balaban J connectivity index is 1.40. The zero-order chi connectivity index (χ0) is 24.1. The first-order valence-electron chi connectivity index (χ1n) is 13.8. The smallest absolute Gasteiger partial charge is 0.151 e. The van der Waals surface area contributed by atoms with Crippen LogP contribution in [0, 0.1) is 19.3 Å². The molecule has 4 atom stereocenters. The number of aromatic nitrogens is 1. The van der Waals surface area contributed by atoms with E-state index in [1.807, 2.05) is 0 Å². The lowest BCUT2D eigenvalue weighted by molar-refractivity contribution is -0.0910. The number of benzene rings is 3. The number of ether oxygens (including phenoxy) is 1. The van der Waals surface area contributed by atoms with Crippen molar-refractivity contribution >= 4 is 21.7 Å². The lowest BCUT2D eigenvalue weighted by Crippen LogP contribution is -2.68. The van der Waals surface area contributed by atoms with Crippen molar-refractivity contribution in [3.8, 4) is 5.75 Å². The summed E-state index contributed by atoms with van der Waals surface area (Å²) in [6.07, 6.45) is 5.67. The third kappa shape index (κ3) is 1.98. The highest BCUT2D eigenvalue weighted by Gasteiger charge is 2.70. The van der Waals surface area contributed by atoms with E-state index in [1.54, 1.807) is 0 Å². The number of nitrogens with zero attached hydrogens (tertiary/aromatic N) is 2. The van der Waals surface area contributed by atoms with Crippen molar-refractivity contribution in [1.29, 1.82) is 0 Å². The van der Waals surface area contributed by atoms with Crippen LogP contribution in [0.5, 0.6) is 5.75 Å². The highest BCUT2D eigenvalue weighted by Crippen LogP contribution is 2.71. The number of piperidine rings is 1. The predicted molar refractivity (Wildman–Crippen MR) is 144 cm³/mol. The number of fused-ring (bicyclic) bond motifs is 4. The summed E-state index contributed by atoms with van der Waals surface area (Å²) < 4.78 is 7.11. The fraction of sp³-hybridized carbons (Fsp3) is 0.424. The molecule has 1 saturated heterocycles. The zero-order valence-corrected chi connectivity index (χ0v) is 21.7. The summed E-state index contributed by atoms with van der Waals surface area (Å²) in [7, 11) is 2.35. The second-order valence-corrected chi connectivity index (χ2v) is 12.6. The third-order valence-corrected chi connectivity index (χ3v) is 11.3. The number of rotatable bonds is 0. The Morgan fingerprint density at radius 2 is 1.92 bits per heavy atom. The van der Waals surface area contributed by atoms with Gasteiger partial charge in [0.25, 0.3) is 0 Å². The van der Waals surface area contributed by atoms with Gasteiger partial charge < -0.3 is 9.64 Å². The molecule has 0 saturated carbocycles. The molecule has 180 valence electrons. The topological polar surface area (TPSA) is 25.4 Å². The van der Waals surface area contributed by atoms with Crippen molar-refractivity contribution in [2.75, 3.05) is 13.6 Å². The maximum atomic E-state index is 7.11. The normalized spacial score (nSPS) is 31.0. The average molecular weight is 473 g/mol. The number of aryl methyl sites for hydroxylation is 4. The summed E-state index contributed by atoms with van der Waals surface area (Å²) in [4.78, 5) is 8.21. The van der Waals surface area contributed by atoms with Gasteiger partial charge in [0.05, 0.1) is 16.6 Å². The maximum Gasteiger partial charge on any atom is 0.151 e. The van der Waals surface area contributed by atoms with E-state index in [1.165, 1.54) is 72.1 Å². The van der Waals surface area contributed by atoms with Gasteiger partial charge in [0, 0.05) is 22.4 Å². The first-order valence-corrected chi connectivity index (χ1v) is 13.8. The van der Waals surface area contributed by atoms with E-state index in [2.05, 4.69) is 69.1 Å². The molecular weight excluding hydrogens is 440 g/mol. The molecule has 4 aromatic rings. The minimum Gasteiger partial charge on any atom is -0.483 e. The highest BCUT2D eigenvalue weighted by molar-refractivity contribution is 6.05. The average Bonchev–Trinajstić information content (AvgIpc) is 3.45. The third-order valence-electron chi connectivity index (χ3n) is 11.3. The van der Waals surface area contributed by atoms with Gasteiger partial charge in [0.2, 0.25) is 0 Å². The lowest BCUT2D eigenvalue weighted by Gasteiger charge is -2.64. The monoisotopic (exact) mass is 472 g/mol. The van der Waals surface area contributed by atoms with Crippen LogP contribution in [0.1, 0.15) is 64.1 Å². The molecule has 0 radical (unpaired) electrons. The minimum atomic E-state index is 0.0105. The molecular formula is C33H32N2O. The molecule has 1 aromatic heterocycles. The summed E-state index contributed by atoms with van der Waals surface area (Å²) in [5.74, 6) is 1.17. The molecule has 0 N–H and O–H groups in total. The molecule has 3 aromatic carbocycles. The van der Waals surface area contributed by atoms with E-state index in [9.17, 15) is 0 Å². The van der Waals surface area contributed by atoms with Crippen LogP contribution in [0.3, 0.4) is 0 Å². The van der Waals surface area contributed by atoms with Gasteiger partial charge in [-0.25, -0.2) is 4.98 Å². The molecule has 3 nitrogen and oxygen atoms in total. The fourth-order valence-electron chi connectivity index (χ4n) is 9.64. The van der Waals surface area contributed by atoms with Crippen LogP contribution in [-0.4, -0.2) is 29.5 Å². The van der Waals surface area contributed by atoms with E-state index in [-0.39, 0.29) is 16.9 Å². The molecule has 0 unspecified atom stereocenters. The molecule has 1 fully saturated rings. The largest absolute Gasteiger partial charge is 0.483 e. The van der Waals surface area contributed by atoms with Crippen molar-refractivity contribution < 1.29 is 4.74 Å². The SMILES string of the molecule is Cc1ccc2c3c1O[C@H]1c4nc5cc6cccc7c6c(c5c(C)c4C[C@@]4(C)[C@@H](C2)N(C)CC[C@]314)CC7. The van der Waals surface area contributed by atoms with Gasteiger partial charge in [-0.2, -0.15) is 0 Å². The number of hydrogen-bond acceptors (Lipinski definition) is 3. The Hall–Kier alpha value is -2.91. The number of likely N-dealkylation sites (tertiary alicyclic amines) is 1. The van der Waals surface area contributed by atoms with Crippen LogP contribution in [0.2, 0.25) is 0 Å². The summed E-state index contributed by atoms with van der Waals surface area (Å²) in [5, 5.41) is 4.27. The summed E-state index contributed by atoms with van der Waals surface area (Å²) in [6.45, 7) is 8.34. The molecule has 2 aliphatic heterocycles. The van der Waals surface area contributed by atoms with Gasteiger partial charge in [0.1, 0.15) is 5.75 Å². The van der Waals surface area contributed by atoms with E-state index in [4.69, 9.17) is 9.72 Å². The zero-order valence-electron chi connectivity index (χ0n) is 21.7. The molecule has 1 spiro atoms. The van der Waals surface area contributed by atoms with Crippen molar-refractivity contribution in [2.24, 2.45) is 5.41 Å².